The lowest BCUT2D eigenvalue weighted by Crippen LogP contribution is -2.30. The molecule has 0 saturated carbocycles. The molecule has 126 valence electrons. The Morgan fingerprint density at radius 2 is 1.68 bits per heavy atom. The first kappa shape index (κ1) is 15.7. The maximum absolute atomic E-state index is 12.8. The third-order valence-corrected chi connectivity index (χ3v) is 4.77. The summed E-state index contributed by atoms with van der Waals surface area (Å²) >= 11 is 0. The maximum atomic E-state index is 12.8. The molecule has 1 saturated heterocycles. The van der Waals surface area contributed by atoms with Crippen molar-refractivity contribution in [1.29, 1.82) is 0 Å². The molecule has 2 aromatic rings. The fourth-order valence-electron chi connectivity index (χ4n) is 3.36. The summed E-state index contributed by atoms with van der Waals surface area (Å²) in [5, 5.41) is 0. The van der Waals surface area contributed by atoms with Crippen molar-refractivity contribution in [3.8, 4) is 5.75 Å². The van der Waals surface area contributed by atoms with E-state index in [9.17, 15) is 4.79 Å². The molecule has 0 aliphatic carbocycles. The van der Waals surface area contributed by atoms with Gasteiger partial charge < -0.3 is 9.64 Å². The van der Waals surface area contributed by atoms with Gasteiger partial charge in [-0.1, -0.05) is 48.0 Å². The summed E-state index contributed by atoms with van der Waals surface area (Å²) in [5.74, 6) is 1.11. The van der Waals surface area contributed by atoms with Crippen molar-refractivity contribution >= 4 is 11.5 Å². The van der Waals surface area contributed by atoms with Crippen LogP contribution in [0, 0.1) is 6.92 Å². The van der Waals surface area contributed by atoms with Gasteiger partial charge in [-0.15, -0.1) is 0 Å². The molecule has 0 radical (unpaired) electrons. The predicted octanol–water partition coefficient (Wildman–Crippen LogP) is 4.33. The highest BCUT2D eigenvalue weighted by atomic mass is 16.5. The number of hydrogen-bond acceptors (Lipinski definition) is 2. The van der Waals surface area contributed by atoms with E-state index in [0.29, 0.717) is 5.76 Å². The van der Waals surface area contributed by atoms with Crippen molar-refractivity contribution in [1.82, 2.24) is 4.90 Å². The smallest absolute Gasteiger partial charge is 0.289 e. The molecule has 1 fully saturated rings. The van der Waals surface area contributed by atoms with E-state index in [1.807, 2.05) is 41.3 Å². The van der Waals surface area contributed by atoms with Crippen molar-refractivity contribution in [3.63, 3.8) is 0 Å². The molecule has 0 unspecified atom stereocenters. The number of ether oxygens (including phenoxy) is 1. The number of likely N-dealkylation sites (tertiary alicyclic amines) is 1. The Bertz CT molecular complexity index is 856. The number of carbonyl (C=O) groups is 1. The van der Waals surface area contributed by atoms with E-state index in [-0.39, 0.29) is 5.91 Å². The van der Waals surface area contributed by atoms with Gasteiger partial charge in [-0.05, 0) is 49.1 Å². The minimum atomic E-state index is -0.0197. The zero-order valence-corrected chi connectivity index (χ0v) is 14.4. The van der Waals surface area contributed by atoms with Crippen LogP contribution in [0.25, 0.3) is 5.57 Å². The van der Waals surface area contributed by atoms with Crippen LogP contribution in [0.2, 0.25) is 0 Å². The average molecular weight is 331 g/mol. The second-order valence-electron chi connectivity index (χ2n) is 6.57. The number of rotatable bonds is 2. The first-order valence-electron chi connectivity index (χ1n) is 8.78. The monoisotopic (exact) mass is 331 g/mol. The van der Waals surface area contributed by atoms with Crippen LogP contribution in [-0.4, -0.2) is 23.9 Å². The Morgan fingerprint density at radius 3 is 2.44 bits per heavy atom. The Hall–Kier alpha value is -2.81. The van der Waals surface area contributed by atoms with Crippen molar-refractivity contribution in [3.05, 3.63) is 83.1 Å². The molecular formula is C22H21NO2. The van der Waals surface area contributed by atoms with E-state index < -0.39 is 0 Å². The summed E-state index contributed by atoms with van der Waals surface area (Å²) in [7, 11) is 0. The standard InChI is InChI=1S/C22H21NO2/c1-16-8-10-17(11-9-16)18-12-13-21(22(24)23-14-4-5-15-23)25-20-7-3-2-6-19(18)20/h2-3,6-13H,4-5,14-15H2,1H3. The molecule has 0 atom stereocenters. The highest BCUT2D eigenvalue weighted by Crippen LogP contribution is 2.34. The van der Waals surface area contributed by atoms with Gasteiger partial charge in [-0.2, -0.15) is 0 Å². The summed E-state index contributed by atoms with van der Waals surface area (Å²) in [6.07, 6.45) is 5.95. The van der Waals surface area contributed by atoms with Crippen LogP contribution in [0.3, 0.4) is 0 Å². The fraction of sp³-hybridized carbons (Fsp3) is 0.227. The molecule has 3 heteroatoms. The number of nitrogens with zero attached hydrogens (tertiary/aromatic N) is 1. The van der Waals surface area contributed by atoms with Gasteiger partial charge in [0.2, 0.25) is 0 Å². The van der Waals surface area contributed by atoms with Crippen LogP contribution in [0.1, 0.15) is 29.5 Å². The van der Waals surface area contributed by atoms with Crippen molar-refractivity contribution in [2.24, 2.45) is 0 Å². The van der Waals surface area contributed by atoms with Crippen LogP contribution in [0.5, 0.6) is 5.75 Å². The average Bonchev–Trinajstić information content (AvgIpc) is 3.10. The van der Waals surface area contributed by atoms with Crippen LogP contribution in [-0.2, 0) is 4.79 Å². The SMILES string of the molecule is Cc1ccc(C2=CC=C(C(=O)N3CCCC3)Oc3ccccc32)cc1. The zero-order valence-electron chi connectivity index (χ0n) is 14.4. The van der Waals surface area contributed by atoms with E-state index in [2.05, 4.69) is 31.2 Å². The molecule has 2 aromatic carbocycles. The van der Waals surface area contributed by atoms with Gasteiger partial charge in [0.1, 0.15) is 5.75 Å². The van der Waals surface area contributed by atoms with Crippen molar-refractivity contribution < 1.29 is 9.53 Å². The van der Waals surface area contributed by atoms with E-state index in [0.717, 1.165) is 48.4 Å². The van der Waals surface area contributed by atoms with E-state index in [1.165, 1.54) is 5.56 Å². The van der Waals surface area contributed by atoms with Gasteiger partial charge in [-0.25, -0.2) is 0 Å². The van der Waals surface area contributed by atoms with Gasteiger partial charge in [0.25, 0.3) is 5.91 Å². The topological polar surface area (TPSA) is 29.5 Å². The molecule has 2 aliphatic rings. The Kier molecular flexibility index (Phi) is 4.14. The number of allylic oxidation sites excluding steroid dienone is 2. The lowest BCUT2D eigenvalue weighted by atomic mass is 9.96. The number of fused-ring (bicyclic) bond motifs is 1. The van der Waals surface area contributed by atoms with E-state index >= 15 is 0 Å². The Balaban J connectivity index is 1.76. The molecule has 25 heavy (non-hydrogen) atoms. The quantitative estimate of drug-likeness (QED) is 0.820. The number of benzene rings is 2. The molecule has 3 nitrogen and oxygen atoms in total. The summed E-state index contributed by atoms with van der Waals surface area (Å²) in [6.45, 7) is 3.71. The maximum Gasteiger partial charge on any atom is 0.289 e. The highest BCUT2D eigenvalue weighted by molar-refractivity contribution is 5.94. The number of amides is 1. The summed E-state index contributed by atoms with van der Waals surface area (Å²) < 4.78 is 6.02. The first-order valence-corrected chi connectivity index (χ1v) is 8.78. The normalized spacial score (nSPS) is 16.4. The molecule has 4 rings (SSSR count). The molecule has 1 amide bonds. The lowest BCUT2D eigenvalue weighted by molar-refractivity contribution is -0.128. The zero-order chi connectivity index (χ0) is 17.2. The summed E-state index contributed by atoms with van der Waals surface area (Å²) in [4.78, 5) is 14.6. The van der Waals surface area contributed by atoms with Gasteiger partial charge in [0.05, 0.1) is 0 Å². The van der Waals surface area contributed by atoms with Crippen LogP contribution in [0.15, 0.2) is 66.4 Å². The third kappa shape index (κ3) is 3.10. The molecular weight excluding hydrogens is 310 g/mol. The summed E-state index contributed by atoms with van der Waals surface area (Å²) in [5.41, 5.74) is 4.42. The van der Waals surface area contributed by atoms with Crippen LogP contribution in [0.4, 0.5) is 0 Å². The van der Waals surface area contributed by atoms with Gasteiger partial charge in [-0.3, -0.25) is 4.79 Å². The third-order valence-electron chi connectivity index (χ3n) is 4.77. The minimum Gasteiger partial charge on any atom is -0.451 e. The molecule has 0 bridgehead atoms. The van der Waals surface area contributed by atoms with Crippen molar-refractivity contribution in [2.75, 3.05) is 13.1 Å². The molecule has 0 spiro atoms. The number of carbonyl (C=O) groups excluding carboxylic acids is 1. The Labute approximate surface area is 148 Å². The predicted molar refractivity (Wildman–Crippen MR) is 99.2 cm³/mol. The van der Waals surface area contributed by atoms with Crippen LogP contribution < -0.4 is 4.74 Å². The second kappa shape index (κ2) is 6.60. The molecule has 2 heterocycles. The van der Waals surface area contributed by atoms with Gasteiger partial charge in [0.15, 0.2) is 5.76 Å². The lowest BCUT2D eigenvalue weighted by Gasteiger charge is -2.18. The number of aryl methyl sites for hydroxylation is 1. The van der Waals surface area contributed by atoms with Gasteiger partial charge >= 0.3 is 0 Å². The first-order chi connectivity index (χ1) is 12.2. The Morgan fingerprint density at radius 1 is 0.960 bits per heavy atom. The number of para-hydroxylation sites is 1. The minimum absolute atomic E-state index is 0.0197. The summed E-state index contributed by atoms with van der Waals surface area (Å²) in [6, 6.07) is 16.3. The highest BCUT2D eigenvalue weighted by Gasteiger charge is 2.25. The fourth-order valence-corrected chi connectivity index (χ4v) is 3.36. The van der Waals surface area contributed by atoms with Gasteiger partial charge in [0, 0.05) is 18.7 Å². The van der Waals surface area contributed by atoms with E-state index in [4.69, 9.17) is 4.74 Å². The van der Waals surface area contributed by atoms with Crippen molar-refractivity contribution in [2.45, 2.75) is 19.8 Å². The molecule has 0 N–H and O–H groups in total. The number of hydrogen-bond donors (Lipinski definition) is 0. The molecule has 0 aromatic heterocycles. The van der Waals surface area contributed by atoms with Crippen LogP contribution >= 0.6 is 0 Å². The van der Waals surface area contributed by atoms with E-state index in [1.54, 1.807) is 0 Å². The largest absolute Gasteiger partial charge is 0.451 e. The molecule has 2 aliphatic heterocycles. The second-order valence-corrected chi connectivity index (χ2v) is 6.57.